The van der Waals surface area contributed by atoms with E-state index in [1.54, 1.807) is 30.4 Å². The number of rotatable bonds is 3. The van der Waals surface area contributed by atoms with Gasteiger partial charge < -0.3 is 10.2 Å². The number of H-pyrrole nitrogens is 1. The summed E-state index contributed by atoms with van der Waals surface area (Å²) in [5.41, 5.74) is 3.12. The van der Waals surface area contributed by atoms with Crippen molar-refractivity contribution in [3.05, 3.63) is 57.7 Å². The lowest BCUT2D eigenvalue weighted by Crippen LogP contribution is -2.35. The van der Waals surface area contributed by atoms with Crippen LogP contribution in [0.3, 0.4) is 0 Å². The predicted octanol–water partition coefficient (Wildman–Crippen LogP) is 2.09. The molecule has 2 N–H and O–H groups in total. The smallest absolute Gasteiger partial charge is 0.272 e. The number of nitrogens with zero attached hydrogens (tertiary/aromatic N) is 3. The maximum Gasteiger partial charge on any atom is 0.272 e. The second-order valence-electron chi connectivity index (χ2n) is 6.02. The summed E-state index contributed by atoms with van der Waals surface area (Å²) in [7, 11) is 1.62. The average Bonchev–Trinajstić information content (AvgIpc) is 3.34. The lowest BCUT2D eigenvalue weighted by atomic mass is 10.1. The fourth-order valence-electron chi connectivity index (χ4n) is 3.01. The first-order valence-corrected chi connectivity index (χ1v) is 9.06. The highest BCUT2D eigenvalue weighted by Crippen LogP contribution is 2.29. The molecule has 7 nitrogen and oxygen atoms in total. The van der Waals surface area contributed by atoms with Crippen molar-refractivity contribution in [3.63, 3.8) is 0 Å². The molecule has 0 atom stereocenters. The van der Waals surface area contributed by atoms with Crippen molar-refractivity contribution in [1.29, 1.82) is 0 Å². The lowest BCUT2D eigenvalue weighted by molar-refractivity contribution is 0.0730. The Hall–Kier alpha value is -3.00. The van der Waals surface area contributed by atoms with Gasteiger partial charge >= 0.3 is 0 Å². The van der Waals surface area contributed by atoms with Crippen molar-refractivity contribution >= 4 is 23.2 Å². The summed E-state index contributed by atoms with van der Waals surface area (Å²) >= 11 is 1.50. The molecule has 0 aliphatic carbocycles. The van der Waals surface area contributed by atoms with Crippen LogP contribution in [0.15, 0.2) is 36.7 Å². The molecule has 0 bridgehead atoms. The summed E-state index contributed by atoms with van der Waals surface area (Å²) in [5, 5.41) is 9.71. The Balaban J connectivity index is 1.52. The molecule has 3 aromatic heterocycles. The quantitative estimate of drug-likeness (QED) is 0.742. The van der Waals surface area contributed by atoms with E-state index in [0.717, 1.165) is 17.5 Å². The number of aromatic nitrogens is 3. The van der Waals surface area contributed by atoms with Gasteiger partial charge in [0.15, 0.2) is 0 Å². The summed E-state index contributed by atoms with van der Waals surface area (Å²) in [5.74, 6) is -0.172. The highest BCUT2D eigenvalue weighted by molar-refractivity contribution is 7.14. The summed E-state index contributed by atoms with van der Waals surface area (Å²) in [6.45, 7) is 1.13. The van der Waals surface area contributed by atoms with E-state index in [0.29, 0.717) is 29.4 Å². The van der Waals surface area contributed by atoms with Crippen LogP contribution < -0.4 is 5.32 Å². The second-order valence-corrected chi connectivity index (χ2v) is 7.15. The fourth-order valence-corrected chi connectivity index (χ4v) is 4.12. The molecule has 0 radical (unpaired) electrons. The standard InChI is InChI=1S/C18H17N5O2S/c1-19-17(24)16-8-12-10-23(7-4-15(12)26-16)18(25)14-9-13(21-22-14)11-2-5-20-6-3-11/h2-3,5-6,8-9H,4,7,10H2,1H3,(H,19,24)(H,21,22). The maximum atomic E-state index is 12.8. The topological polar surface area (TPSA) is 91.0 Å². The zero-order valence-electron chi connectivity index (χ0n) is 14.2. The van der Waals surface area contributed by atoms with E-state index in [9.17, 15) is 9.59 Å². The van der Waals surface area contributed by atoms with Gasteiger partial charge in [0.2, 0.25) is 0 Å². The molecule has 0 spiro atoms. The number of pyridine rings is 1. The SMILES string of the molecule is CNC(=O)c1cc2c(s1)CCN(C(=O)c1cc(-c3ccncc3)n[nH]1)C2. The van der Waals surface area contributed by atoms with Gasteiger partial charge in [-0.1, -0.05) is 0 Å². The van der Waals surface area contributed by atoms with Crippen LogP contribution in [0.2, 0.25) is 0 Å². The zero-order valence-corrected chi connectivity index (χ0v) is 15.0. The van der Waals surface area contributed by atoms with Crippen LogP contribution in [-0.4, -0.2) is 45.5 Å². The summed E-state index contributed by atoms with van der Waals surface area (Å²) < 4.78 is 0. The normalized spacial score (nSPS) is 13.3. The highest BCUT2D eigenvalue weighted by atomic mass is 32.1. The molecule has 1 aliphatic rings. The summed E-state index contributed by atoms with van der Waals surface area (Å²) in [6, 6.07) is 7.34. The molecule has 0 fully saturated rings. The Morgan fingerprint density at radius 3 is 2.85 bits per heavy atom. The number of thiophene rings is 1. The van der Waals surface area contributed by atoms with Gasteiger partial charge in [-0.2, -0.15) is 5.10 Å². The second kappa shape index (κ2) is 6.72. The van der Waals surface area contributed by atoms with Crippen LogP contribution >= 0.6 is 11.3 Å². The molecular weight excluding hydrogens is 350 g/mol. The third kappa shape index (κ3) is 2.99. The number of hydrogen-bond acceptors (Lipinski definition) is 5. The molecule has 1 aliphatic heterocycles. The molecule has 4 heterocycles. The average molecular weight is 367 g/mol. The van der Waals surface area contributed by atoms with Gasteiger partial charge in [0, 0.05) is 43.0 Å². The van der Waals surface area contributed by atoms with Crippen LogP contribution in [0.25, 0.3) is 11.3 Å². The van der Waals surface area contributed by atoms with Crippen LogP contribution in [-0.2, 0) is 13.0 Å². The lowest BCUT2D eigenvalue weighted by Gasteiger charge is -2.26. The Labute approximate surface area is 154 Å². The molecule has 2 amide bonds. The van der Waals surface area contributed by atoms with E-state index in [-0.39, 0.29) is 11.8 Å². The number of hydrogen-bond donors (Lipinski definition) is 2. The van der Waals surface area contributed by atoms with Crippen LogP contribution in [0.4, 0.5) is 0 Å². The largest absolute Gasteiger partial charge is 0.354 e. The molecule has 0 aromatic carbocycles. The molecule has 0 saturated heterocycles. The molecule has 0 unspecified atom stereocenters. The third-order valence-corrected chi connectivity index (χ3v) is 5.62. The van der Waals surface area contributed by atoms with E-state index in [4.69, 9.17) is 0 Å². The molecule has 4 rings (SSSR count). The van der Waals surface area contributed by atoms with Gasteiger partial charge in [-0.3, -0.25) is 19.7 Å². The van der Waals surface area contributed by atoms with Crippen molar-refractivity contribution in [1.82, 2.24) is 25.4 Å². The summed E-state index contributed by atoms with van der Waals surface area (Å²) in [4.78, 5) is 32.3. The van der Waals surface area contributed by atoms with E-state index in [1.807, 2.05) is 18.2 Å². The van der Waals surface area contributed by atoms with Crippen molar-refractivity contribution < 1.29 is 9.59 Å². The predicted molar refractivity (Wildman–Crippen MR) is 98.0 cm³/mol. The van der Waals surface area contributed by atoms with Crippen LogP contribution in [0, 0.1) is 0 Å². The summed E-state index contributed by atoms with van der Waals surface area (Å²) in [6.07, 6.45) is 4.14. The van der Waals surface area contributed by atoms with Gasteiger partial charge in [0.05, 0.1) is 10.6 Å². The minimum atomic E-state index is -0.0869. The van der Waals surface area contributed by atoms with Crippen molar-refractivity contribution in [2.45, 2.75) is 13.0 Å². The van der Waals surface area contributed by atoms with E-state index >= 15 is 0 Å². The number of carbonyl (C=O) groups is 2. The first-order valence-electron chi connectivity index (χ1n) is 8.24. The molecule has 3 aromatic rings. The van der Waals surface area contributed by atoms with E-state index < -0.39 is 0 Å². The Kier molecular flexibility index (Phi) is 4.26. The van der Waals surface area contributed by atoms with E-state index in [2.05, 4.69) is 20.5 Å². The third-order valence-electron chi connectivity index (χ3n) is 4.39. The molecular formula is C18H17N5O2S. The van der Waals surface area contributed by atoms with Gasteiger partial charge in [-0.15, -0.1) is 11.3 Å². The highest BCUT2D eigenvalue weighted by Gasteiger charge is 2.26. The molecule has 26 heavy (non-hydrogen) atoms. The van der Waals surface area contributed by atoms with Crippen molar-refractivity contribution in [3.8, 4) is 11.3 Å². The Morgan fingerprint density at radius 1 is 1.27 bits per heavy atom. The zero-order chi connectivity index (χ0) is 18.1. The number of fused-ring (bicyclic) bond motifs is 1. The van der Waals surface area contributed by atoms with Gasteiger partial charge in [0.1, 0.15) is 5.69 Å². The van der Waals surface area contributed by atoms with Gasteiger partial charge in [-0.05, 0) is 36.2 Å². The number of nitrogens with one attached hydrogen (secondary N) is 2. The van der Waals surface area contributed by atoms with Crippen molar-refractivity contribution in [2.24, 2.45) is 0 Å². The fraction of sp³-hybridized carbons (Fsp3) is 0.222. The maximum absolute atomic E-state index is 12.8. The van der Waals surface area contributed by atoms with Gasteiger partial charge in [-0.25, -0.2) is 0 Å². The Morgan fingerprint density at radius 2 is 2.08 bits per heavy atom. The minimum absolute atomic E-state index is 0.0853. The Bertz CT molecular complexity index is 963. The first-order chi connectivity index (χ1) is 12.7. The molecule has 8 heteroatoms. The number of amides is 2. The number of aromatic amines is 1. The number of carbonyl (C=O) groups excluding carboxylic acids is 2. The van der Waals surface area contributed by atoms with Gasteiger partial charge in [0.25, 0.3) is 11.8 Å². The molecule has 0 saturated carbocycles. The minimum Gasteiger partial charge on any atom is -0.354 e. The van der Waals surface area contributed by atoms with Crippen LogP contribution in [0.5, 0.6) is 0 Å². The molecule has 132 valence electrons. The first kappa shape index (κ1) is 16.5. The van der Waals surface area contributed by atoms with Crippen molar-refractivity contribution in [2.75, 3.05) is 13.6 Å². The van der Waals surface area contributed by atoms with Crippen LogP contribution in [0.1, 0.15) is 30.6 Å². The van der Waals surface area contributed by atoms with E-state index in [1.165, 1.54) is 16.2 Å². The monoisotopic (exact) mass is 367 g/mol.